The third kappa shape index (κ3) is 3.25. The van der Waals surface area contributed by atoms with Crippen LogP contribution in [0.4, 0.5) is 13.2 Å². The molecule has 0 aromatic heterocycles. The number of amidine groups is 1. The summed E-state index contributed by atoms with van der Waals surface area (Å²) in [5, 5.41) is 0. The molecule has 1 rings (SSSR count). The summed E-state index contributed by atoms with van der Waals surface area (Å²) in [7, 11) is 0. The van der Waals surface area contributed by atoms with E-state index in [4.69, 9.17) is 5.73 Å². The summed E-state index contributed by atoms with van der Waals surface area (Å²) in [5.41, 5.74) is 5.17. The maximum Gasteiger partial charge on any atom is 0.416 e. The highest BCUT2D eigenvalue weighted by Gasteiger charge is 2.30. The van der Waals surface area contributed by atoms with Gasteiger partial charge < -0.3 is 5.73 Å². The molecule has 0 aliphatic rings. The lowest BCUT2D eigenvalue weighted by atomic mass is 10.1. The second kappa shape index (κ2) is 4.55. The molecular weight excluding hydrogens is 217 g/mol. The van der Waals surface area contributed by atoms with Crippen molar-refractivity contribution in [1.29, 1.82) is 0 Å². The molecule has 0 fully saturated rings. The minimum absolute atomic E-state index is 0.0467. The van der Waals surface area contributed by atoms with E-state index in [1.807, 2.05) is 0 Å². The predicted molar refractivity (Wildman–Crippen MR) is 57.3 cm³/mol. The maximum absolute atomic E-state index is 12.4. The first-order valence-electron chi connectivity index (χ1n) is 4.81. The van der Waals surface area contributed by atoms with Gasteiger partial charge in [-0.3, -0.25) is 4.99 Å². The van der Waals surface area contributed by atoms with Crippen LogP contribution in [-0.2, 0) is 6.18 Å². The van der Waals surface area contributed by atoms with Crippen molar-refractivity contribution in [2.24, 2.45) is 10.7 Å². The molecule has 16 heavy (non-hydrogen) atoms. The van der Waals surface area contributed by atoms with Gasteiger partial charge in [0.2, 0.25) is 0 Å². The van der Waals surface area contributed by atoms with E-state index < -0.39 is 11.7 Å². The number of nitrogens with two attached hydrogens (primary N) is 1. The summed E-state index contributed by atoms with van der Waals surface area (Å²) >= 11 is 0. The second-order valence-electron chi connectivity index (χ2n) is 3.69. The highest BCUT2D eigenvalue weighted by atomic mass is 19.4. The van der Waals surface area contributed by atoms with Crippen LogP contribution in [0.25, 0.3) is 0 Å². The van der Waals surface area contributed by atoms with Crippen molar-refractivity contribution >= 4 is 5.84 Å². The standard InChI is InChI=1S/C11H13F3N2/c1-7(2)16-10(15)8-4-3-5-9(6-8)11(12,13)14/h3-7H,1-2H3,(H2,15,16). The summed E-state index contributed by atoms with van der Waals surface area (Å²) in [6, 6.07) is 4.79. The minimum atomic E-state index is -4.35. The Kier molecular flexibility index (Phi) is 3.57. The Balaban J connectivity index is 3.09. The Bertz CT molecular complexity index is 394. The summed E-state index contributed by atoms with van der Waals surface area (Å²) in [5.74, 6) is 0.126. The Labute approximate surface area is 92.0 Å². The molecule has 2 N–H and O–H groups in total. The number of aliphatic imine (C=N–C) groups is 1. The molecule has 0 radical (unpaired) electrons. The fraction of sp³-hybridized carbons (Fsp3) is 0.364. The fourth-order valence-corrected chi connectivity index (χ4v) is 1.21. The molecule has 0 bridgehead atoms. The Hall–Kier alpha value is -1.52. The normalized spacial score (nSPS) is 13.2. The fourth-order valence-electron chi connectivity index (χ4n) is 1.21. The smallest absolute Gasteiger partial charge is 0.383 e. The lowest BCUT2D eigenvalue weighted by Gasteiger charge is -2.09. The summed E-state index contributed by atoms with van der Waals surface area (Å²) in [6.45, 7) is 3.61. The Morgan fingerprint density at radius 2 is 1.94 bits per heavy atom. The molecule has 0 atom stereocenters. The third-order valence-electron chi connectivity index (χ3n) is 1.88. The number of halogens is 3. The van der Waals surface area contributed by atoms with Crippen molar-refractivity contribution in [2.45, 2.75) is 26.1 Å². The number of hydrogen-bond donors (Lipinski definition) is 1. The van der Waals surface area contributed by atoms with E-state index in [1.54, 1.807) is 13.8 Å². The van der Waals surface area contributed by atoms with Crippen LogP contribution in [0.15, 0.2) is 29.3 Å². The zero-order chi connectivity index (χ0) is 12.3. The van der Waals surface area contributed by atoms with E-state index in [9.17, 15) is 13.2 Å². The van der Waals surface area contributed by atoms with Gasteiger partial charge in [0.15, 0.2) is 0 Å². The van der Waals surface area contributed by atoms with Crippen LogP contribution in [0, 0.1) is 0 Å². The molecule has 1 aromatic rings. The Morgan fingerprint density at radius 1 is 1.31 bits per heavy atom. The second-order valence-corrected chi connectivity index (χ2v) is 3.69. The zero-order valence-corrected chi connectivity index (χ0v) is 9.05. The average molecular weight is 230 g/mol. The molecule has 0 heterocycles. The van der Waals surface area contributed by atoms with Gasteiger partial charge in [-0.15, -0.1) is 0 Å². The topological polar surface area (TPSA) is 38.4 Å². The van der Waals surface area contributed by atoms with Crippen LogP contribution in [0.5, 0.6) is 0 Å². The van der Waals surface area contributed by atoms with Crippen molar-refractivity contribution in [3.8, 4) is 0 Å². The van der Waals surface area contributed by atoms with Crippen LogP contribution < -0.4 is 5.73 Å². The van der Waals surface area contributed by atoms with Crippen molar-refractivity contribution in [3.05, 3.63) is 35.4 Å². The van der Waals surface area contributed by atoms with E-state index in [-0.39, 0.29) is 11.9 Å². The maximum atomic E-state index is 12.4. The minimum Gasteiger partial charge on any atom is -0.383 e. The van der Waals surface area contributed by atoms with E-state index >= 15 is 0 Å². The van der Waals surface area contributed by atoms with Gasteiger partial charge in [-0.1, -0.05) is 12.1 Å². The van der Waals surface area contributed by atoms with Gasteiger partial charge in [-0.05, 0) is 26.0 Å². The van der Waals surface area contributed by atoms with E-state index in [2.05, 4.69) is 4.99 Å². The highest BCUT2D eigenvalue weighted by Crippen LogP contribution is 2.29. The van der Waals surface area contributed by atoms with E-state index in [0.29, 0.717) is 5.56 Å². The lowest BCUT2D eigenvalue weighted by molar-refractivity contribution is -0.137. The van der Waals surface area contributed by atoms with Gasteiger partial charge in [-0.25, -0.2) is 0 Å². The van der Waals surface area contributed by atoms with Crippen LogP contribution in [-0.4, -0.2) is 11.9 Å². The molecule has 5 heteroatoms. The number of benzene rings is 1. The van der Waals surface area contributed by atoms with E-state index in [0.717, 1.165) is 12.1 Å². The van der Waals surface area contributed by atoms with Gasteiger partial charge in [-0.2, -0.15) is 13.2 Å². The first-order valence-corrected chi connectivity index (χ1v) is 4.81. The molecule has 0 amide bonds. The Morgan fingerprint density at radius 3 is 2.44 bits per heavy atom. The average Bonchev–Trinajstić information content (AvgIpc) is 2.15. The molecule has 0 spiro atoms. The molecule has 0 unspecified atom stereocenters. The van der Waals surface area contributed by atoms with Gasteiger partial charge in [0.05, 0.1) is 5.56 Å². The monoisotopic (exact) mass is 230 g/mol. The third-order valence-corrected chi connectivity index (χ3v) is 1.88. The van der Waals surface area contributed by atoms with Crippen LogP contribution >= 0.6 is 0 Å². The summed E-state index contributed by atoms with van der Waals surface area (Å²) < 4.78 is 37.2. The summed E-state index contributed by atoms with van der Waals surface area (Å²) in [4.78, 5) is 4.00. The largest absolute Gasteiger partial charge is 0.416 e. The van der Waals surface area contributed by atoms with Gasteiger partial charge in [0, 0.05) is 11.6 Å². The molecule has 0 aliphatic heterocycles. The van der Waals surface area contributed by atoms with Crippen molar-refractivity contribution in [2.75, 3.05) is 0 Å². The molecule has 0 saturated carbocycles. The van der Waals surface area contributed by atoms with Crippen LogP contribution in [0.3, 0.4) is 0 Å². The number of nitrogens with zero attached hydrogens (tertiary/aromatic N) is 1. The van der Waals surface area contributed by atoms with Crippen LogP contribution in [0.2, 0.25) is 0 Å². The first-order chi connectivity index (χ1) is 7.30. The van der Waals surface area contributed by atoms with Crippen molar-refractivity contribution < 1.29 is 13.2 Å². The molecule has 0 aliphatic carbocycles. The number of rotatable bonds is 2. The van der Waals surface area contributed by atoms with Gasteiger partial charge >= 0.3 is 6.18 Å². The molecule has 0 saturated heterocycles. The number of hydrogen-bond acceptors (Lipinski definition) is 1. The predicted octanol–water partition coefficient (Wildman–Crippen LogP) is 2.82. The summed E-state index contributed by atoms with van der Waals surface area (Å²) in [6.07, 6.45) is -4.35. The van der Waals surface area contributed by atoms with Crippen LogP contribution in [0.1, 0.15) is 25.0 Å². The SMILES string of the molecule is CC(C)N=C(N)c1cccc(C(F)(F)F)c1. The highest BCUT2D eigenvalue weighted by molar-refractivity contribution is 5.97. The van der Waals surface area contributed by atoms with Gasteiger partial charge in [0.1, 0.15) is 5.84 Å². The van der Waals surface area contributed by atoms with E-state index in [1.165, 1.54) is 12.1 Å². The van der Waals surface area contributed by atoms with Crippen molar-refractivity contribution in [3.63, 3.8) is 0 Å². The molecule has 2 nitrogen and oxygen atoms in total. The quantitative estimate of drug-likeness (QED) is 0.615. The lowest BCUT2D eigenvalue weighted by Crippen LogP contribution is -2.17. The molecular formula is C11H13F3N2. The number of alkyl halides is 3. The van der Waals surface area contributed by atoms with Gasteiger partial charge in [0.25, 0.3) is 0 Å². The zero-order valence-electron chi connectivity index (χ0n) is 9.05. The first kappa shape index (κ1) is 12.5. The van der Waals surface area contributed by atoms with Crippen molar-refractivity contribution in [1.82, 2.24) is 0 Å². The molecule has 1 aromatic carbocycles. The molecule has 88 valence electrons.